The molecule has 0 heterocycles. The zero-order valence-corrected chi connectivity index (χ0v) is 14.7. The highest BCUT2D eigenvalue weighted by Crippen LogP contribution is 2.31. The van der Waals surface area contributed by atoms with E-state index in [1.807, 2.05) is 0 Å². The quantitative estimate of drug-likeness (QED) is 0.630. The second-order valence-corrected chi connectivity index (χ2v) is 6.57. The van der Waals surface area contributed by atoms with Crippen LogP contribution in [0, 0.1) is 11.8 Å². The van der Waals surface area contributed by atoms with Crippen molar-refractivity contribution in [1.29, 1.82) is 0 Å². The van der Waals surface area contributed by atoms with Gasteiger partial charge in [0.05, 0.1) is 0 Å². The van der Waals surface area contributed by atoms with E-state index in [4.69, 9.17) is 5.73 Å². The van der Waals surface area contributed by atoms with E-state index in [1.54, 1.807) is 0 Å². The Hall–Kier alpha value is -0.280. The molecule has 126 valence electrons. The Balaban J connectivity index is 0.00000400. The van der Waals surface area contributed by atoms with E-state index in [-0.39, 0.29) is 18.3 Å². The molecule has 0 saturated heterocycles. The van der Waals surface area contributed by atoms with Crippen LogP contribution in [0.25, 0.3) is 0 Å². The maximum atomic E-state index is 11.9. The van der Waals surface area contributed by atoms with Gasteiger partial charge < -0.3 is 11.1 Å². The molecule has 1 aliphatic rings. The highest BCUT2D eigenvalue weighted by atomic mass is 35.5. The van der Waals surface area contributed by atoms with Gasteiger partial charge in [-0.2, -0.15) is 0 Å². The van der Waals surface area contributed by atoms with E-state index in [0.717, 1.165) is 38.1 Å². The minimum atomic E-state index is 0. The summed E-state index contributed by atoms with van der Waals surface area (Å²) in [6.07, 6.45) is 11.9. The molecule has 0 radical (unpaired) electrons. The molecule has 1 fully saturated rings. The van der Waals surface area contributed by atoms with Crippen molar-refractivity contribution in [3.8, 4) is 0 Å². The van der Waals surface area contributed by atoms with E-state index >= 15 is 0 Å². The van der Waals surface area contributed by atoms with Crippen LogP contribution >= 0.6 is 12.4 Å². The fourth-order valence-corrected chi connectivity index (χ4v) is 3.31. The van der Waals surface area contributed by atoms with Crippen LogP contribution in [0.1, 0.15) is 78.1 Å². The van der Waals surface area contributed by atoms with E-state index in [9.17, 15) is 4.79 Å². The Morgan fingerprint density at radius 3 is 2.33 bits per heavy atom. The number of unbranched alkanes of at least 4 members (excludes halogenated alkanes) is 3. The van der Waals surface area contributed by atoms with Crippen molar-refractivity contribution >= 4 is 18.3 Å². The summed E-state index contributed by atoms with van der Waals surface area (Å²) in [5.74, 6) is 1.65. The fraction of sp³-hybridized carbons (Fsp3) is 0.941. The van der Waals surface area contributed by atoms with Crippen LogP contribution in [0.3, 0.4) is 0 Å². The zero-order valence-electron chi connectivity index (χ0n) is 13.9. The van der Waals surface area contributed by atoms with Crippen molar-refractivity contribution in [1.82, 2.24) is 5.32 Å². The summed E-state index contributed by atoms with van der Waals surface area (Å²) < 4.78 is 0. The van der Waals surface area contributed by atoms with Crippen molar-refractivity contribution in [2.45, 2.75) is 84.1 Å². The fourth-order valence-electron chi connectivity index (χ4n) is 3.31. The van der Waals surface area contributed by atoms with Crippen molar-refractivity contribution in [2.75, 3.05) is 6.54 Å². The van der Waals surface area contributed by atoms with E-state index in [1.165, 1.54) is 32.1 Å². The summed E-state index contributed by atoms with van der Waals surface area (Å²) >= 11 is 0. The maximum Gasteiger partial charge on any atom is 0.220 e. The van der Waals surface area contributed by atoms with Crippen LogP contribution < -0.4 is 11.1 Å². The third-order valence-corrected chi connectivity index (χ3v) is 4.93. The van der Waals surface area contributed by atoms with Gasteiger partial charge in [0.25, 0.3) is 0 Å². The average molecular weight is 319 g/mol. The van der Waals surface area contributed by atoms with Gasteiger partial charge in [0.1, 0.15) is 0 Å². The molecule has 3 N–H and O–H groups in total. The molecule has 3 nitrogen and oxygen atoms in total. The lowest BCUT2D eigenvalue weighted by atomic mass is 9.78. The van der Waals surface area contributed by atoms with E-state index in [2.05, 4.69) is 19.2 Å². The summed E-state index contributed by atoms with van der Waals surface area (Å²) in [7, 11) is 0. The Kier molecular flexibility index (Phi) is 12.1. The smallest absolute Gasteiger partial charge is 0.220 e. The average Bonchev–Trinajstić information content (AvgIpc) is 2.47. The standard InChI is InChI=1S/C17H34N2O.ClH/c1-14(16-10-6-5-7-11-16)15(2)19-17(20)12-8-3-4-9-13-18;/h14-16H,3-13,18H2,1-2H3,(H,19,20);1H. The SMILES string of the molecule is CC(NC(=O)CCCCCCN)C(C)C1CCCCC1.Cl. The molecule has 0 bridgehead atoms. The second kappa shape index (κ2) is 12.3. The number of nitrogens with two attached hydrogens (primary N) is 1. The lowest BCUT2D eigenvalue weighted by molar-refractivity contribution is -0.122. The molecule has 0 aromatic rings. The van der Waals surface area contributed by atoms with Crippen LogP contribution in [0.4, 0.5) is 0 Å². The monoisotopic (exact) mass is 318 g/mol. The normalized spacial score (nSPS) is 18.6. The summed E-state index contributed by atoms with van der Waals surface area (Å²) in [5.41, 5.74) is 5.46. The van der Waals surface area contributed by atoms with Gasteiger partial charge in [0, 0.05) is 12.5 Å². The van der Waals surface area contributed by atoms with Crippen molar-refractivity contribution in [3.05, 3.63) is 0 Å². The van der Waals surface area contributed by atoms with Crippen LogP contribution in [0.2, 0.25) is 0 Å². The molecule has 4 heteroatoms. The molecule has 1 amide bonds. The van der Waals surface area contributed by atoms with Gasteiger partial charge in [-0.05, 0) is 38.1 Å². The number of carbonyl (C=O) groups is 1. The van der Waals surface area contributed by atoms with E-state index in [0.29, 0.717) is 18.4 Å². The highest BCUT2D eigenvalue weighted by molar-refractivity contribution is 5.85. The van der Waals surface area contributed by atoms with Crippen molar-refractivity contribution in [3.63, 3.8) is 0 Å². The van der Waals surface area contributed by atoms with Gasteiger partial charge in [-0.3, -0.25) is 4.79 Å². The molecule has 1 saturated carbocycles. The number of rotatable bonds is 9. The van der Waals surface area contributed by atoms with Crippen molar-refractivity contribution in [2.24, 2.45) is 17.6 Å². The first-order valence-corrected chi connectivity index (χ1v) is 8.64. The van der Waals surface area contributed by atoms with Gasteiger partial charge in [0.2, 0.25) is 5.91 Å². The third kappa shape index (κ3) is 8.67. The number of hydrogen-bond donors (Lipinski definition) is 2. The summed E-state index contributed by atoms with van der Waals surface area (Å²) in [5, 5.41) is 3.20. The van der Waals surface area contributed by atoms with Gasteiger partial charge in [-0.25, -0.2) is 0 Å². The summed E-state index contributed by atoms with van der Waals surface area (Å²) in [6, 6.07) is 0.314. The van der Waals surface area contributed by atoms with E-state index < -0.39 is 0 Å². The van der Waals surface area contributed by atoms with Crippen molar-refractivity contribution < 1.29 is 4.79 Å². The zero-order chi connectivity index (χ0) is 14.8. The topological polar surface area (TPSA) is 55.1 Å². The molecule has 1 rings (SSSR count). The number of hydrogen-bond acceptors (Lipinski definition) is 2. The minimum Gasteiger partial charge on any atom is -0.353 e. The summed E-state index contributed by atoms with van der Waals surface area (Å²) in [6.45, 7) is 5.25. The molecule has 2 unspecified atom stereocenters. The predicted octanol–water partition coefficient (Wildman–Crippen LogP) is 4.04. The largest absolute Gasteiger partial charge is 0.353 e. The first-order valence-electron chi connectivity index (χ1n) is 8.64. The Morgan fingerprint density at radius 1 is 1.10 bits per heavy atom. The minimum absolute atomic E-state index is 0. The Labute approximate surface area is 137 Å². The number of carbonyl (C=O) groups excluding carboxylic acids is 1. The lowest BCUT2D eigenvalue weighted by Gasteiger charge is -2.32. The maximum absolute atomic E-state index is 11.9. The highest BCUT2D eigenvalue weighted by Gasteiger charge is 2.25. The molecule has 0 aromatic carbocycles. The number of amides is 1. The molecule has 21 heavy (non-hydrogen) atoms. The molecule has 0 aliphatic heterocycles. The third-order valence-electron chi connectivity index (χ3n) is 4.93. The first kappa shape index (κ1) is 20.7. The van der Waals surface area contributed by atoms with Crippen LogP contribution in [-0.2, 0) is 4.79 Å². The Morgan fingerprint density at radius 2 is 1.71 bits per heavy atom. The predicted molar refractivity (Wildman–Crippen MR) is 92.7 cm³/mol. The molecule has 1 aliphatic carbocycles. The van der Waals surface area contributed by atoms with Gasteiger partial charge >= 0.3 is 0 Å². The molecular formula is C17H35ClN2O. The first-order chi connectivity index (χ1) is 9.65. The number of halogens is 1. The van der Waals surface area contributed by atoms with Gasteiger partial charge in [0.15, 0.2) is 0 Å². The molecule has 0 aromatic heterocycles. The number of nitrogens with one attached hydrogen (secondary N) is 1. The van der Waals surface area contributed by atoms with Gasteiger partial charge in [-0.1, -0.05) is 51.9 Å². The molecule has 0 spiro atoms. The second-order valence-electron chi connectivity index (χ2n) is 6.57. The lowest BCUT2D eigenvalue weighted by Crippen LogP contribution is -2.40. The molecule has 2 atom stereocenters. The van der Waals surface area contributed by atoms with Crippen LogP contribution in [-0.4, -0.2) is 18.5 Å². The molecular weight excluding hydrogens is 284 g/mol. The van der Waals surface area contributed by atoms with Gasteiger partial charge in [-0.15, -0.1) is 12.4 Å². The summed E-state index contributed by atoms with van der Waals surface area (Å²) in [4.78, 5) is 11.9. The van der Waals surface area contributed by atoms with Crippen LogP contribution in [0.15, 0.2) is 0 Å². The van der Waals surface area contributed by atoms with Crippen LogP contribution in [0.5, 0.6) is 0 Å². The Bertz CT molecular complexity index is 268.